The molecule has 4 aromatic rings. The first-order valence-electron chi connectivity index (χ1n) is 17.4. The van der Waals surface area contributed by atoms with Crippen LogP contribution in [0, 0.1) is 0 Å². The maximum absolute atomic E-state index is 13.5. The summed E-state index contributed by atoms with van der Waals surface area (Å²) in [5.41, 5.74) is 1.77. The highest BCUT2D eigenvalue weighted by Gasteiger charge is 2.30. The number of benzene rings is 4. The maximum Gasteiger partial charge on any atom is 0.416 e. The molecule has 282 valence electrons. The number of halogens is 3. The summed E-state index contributed by atoms with van der Waals surface area (Å²) in [4.78, 5) is 66.5. The second-order valence-corrected chi connectivity index (χ2v) is 13.1. The van der Waals surface area contributed by atoms with Crippen LogP contribution in [0.1, 0.15) is 74.8 Å². The van der Waals surface area contributed by atoms with Gasteiger partial charge in [0, 0.05) is 58.9 Å². The second kappa shape index (κ2) is 17.2. The molecule has 10 nitrogen and oxygen atoms in total. The lowest BCUT2D eigenvalue weighted by Gasteiger charge is -2.30. The fraction of sp³-hybridized carbons (Fsp3) is 0.293. The number of nitrogens with zero attached hydrogens (tertiary/aromatic N) is 2. The monoisotopic (exact) mass is 743 g/mol. The smallest absolute Gasteiger partial charge is 0.416 e. The second-order valence-electron chi connectivity index (χ2n) is 13.1. The Morgan fingerprint density at radius 3 is 2.15 bits per heavy atom. The van der Waals surface area contributed by atoms with Crippen LogP contribution in [-0.4, -0.2) is 72.7 Å². The van der Waals surface area contributed by atoms with E-state index in [9.17, 15) is 37.1 Å². The lowest BCUT2D eigenvalue weighted by atomic mass is 9.97. The Hall–Kier alpha value is -5.98. The fourth-order valence-electron chi connectivity index (χ4n) is 6.02. The third-order valence-corrected chi connectivity index (χ3v) is 8.99. The van der Waals surface area contributed by atoms with Crippen molar-refractivity contribution in [3.8, 4) is 16.9 Å². The minimum absolute atomic E-state index is 0.00282. The van der Waals surface area contributed by atoms with Crippen LogP contribution in [-0.2, 0) is 26.9 Å². The molecule has 1 aliphatic rings. The van der Waals surface area contributed by atoms with Crippen molar-refractivity contribution < 1.29 is 46.6 Å². The van der Waals surface area contributed by atoms with Gasteiger partial charge >= 0.3 is 18.1 Å². The van der Waals surface area contributed by atoms with Crippen LogP contribution >= 0.6 is 0 Å². The molecule has 0 saturated carbocycles. The zero-order valence-corrected chi connectivity index (χ0v) is 30.1. The van der Waals surface area contributed by atoms with Gasteiger partial charge in [0.25, 0.3) is 11.8 Å². The first-order chi connectivity index (χ1) is 25.7. The number of piperidine rings is 1. The zero-order valence-electron chi connectivity index (χ0n) is 30.1. The Bertz CT molecular complexity index is 2000. The highest BCUT2D eigenvalue weighted by Crippen LogP contribution is 2.32. The molecule has 0 aromatic heterocycles. The molecule has 0 bridgehead atoms. The number of alkyl halides is 3. The van der Waals surface area contributed by atoms with Gasteiger partial charge in [-0.3, -0.25) is 19.2 Å². The minimum atomic E-state index is -4.49. The number of likely N-dealkylation sites (tertiary alicyclic amines) is 1. The number of rotatable bonds is 11. The Morgan fingerprint density at radius 2 is 1.52 bits per heavy atom. The van der Waals surface area contributed by atoms with E-state index in [0.29, 0.717) is 55.5 Å². The number of ether oxygens (including phenoxy) is 2. The molecule has 0 atom stereocenters. The summed E-state index contributed by atoms with van der Waals surface area (Å²) in [6.07, 6.45) is -2.74. The molecule has 13 heteroatoms. The fourth-order valence-corrected chi connectivity index (χ4v) is 6.02. The van der Waals surface area contributed by atoms with Crippen LogP contribution in [0.25, 0.3) is 11.1 Å². The molecule has 0 unspecified atom stereocenters. The number of carbonyl (C=O) groups is 5. The lowest BCUT2D eigenvalue weighted by Crippen LogP contribution is -2.40. The van der Waals surface area contributed by atoms with Crippen molar-refractivity contribution in [3.63, 3.8) is 0 Å². The lowest BCUT2D eigenvalue weighted by molar-refractivity contribution is -0.137. The molecule has 0 spiro atoms. The normalized spacial score (nSPS) is 13.2. The number of hydrogen-bond acceptors (Lipinski definition) is 7. The van der Waals surface area contributed by atoms with Crippen LogP contribution in [0.15, 0.2) is 91.0 Å². The molecule has 3 amide bonds. The van der Waals surface area contributed by atoms with E-state index in [1.54, 1.807) is 61.5 Å². The highest BCUT2D eigenvalue weighted by atomic mass is 19.4. The van der Waals surface area contributed by atoms with Gasteiger partial charge in [-0.15, -0.1) is 0 Å². The van der Waals surface area contributed by atoms with Gasteiger partial charge in [-0.25, -0.2) is 4.79 Å². The van der Waals surface area contributed by atoms with Crippen molar-refractivity contribution in [3.05, 3.63) is 119 Å². The van der Waals surface area contributed by atoms with Gasteiger partial charge in [-0.1, -0.05) is 36.4 Å². The largest absolute Gasteiger partial charge is 0.459 e. The van der Waals surface area contributed by atoms with E-state index in [1.807, 2.05) is 0 Å². The number of carbonyl (C=O) groups excluding carboxylic acids is 5. The molecule has 0 aliphatic carbocycles. The summed E-state index contributed by atoms with van der Waals surface area (Å²) in [5.74, 6) is -1.63. The Kier molecular flexibility index (Phi) is 12.5. The average molecular weight is 744 g/mol. The highest BCUT2D eigenvalue weighted by molar-refractivity contribution is 6.11. The SMILES string of the molecule is CC(=O)N1CCC(OC(=O)c2ccc(OC(=O)CCCc3ccc(NC(=O)c4ccccc4-c4ccc(C(F)(F)F)cc4)c(C(=O)N(C)C)c3)cc2)CC1. The maximum atomic E-state index is 13.5. The van der Waals surface area contributed by atoms with Crippen molar-refractivity contribution in [2.75, 3.05) is 32.5 Å². The van der Waals surface area contributed by atoms with E-state index < -0.39 is 29.6 Å². The molecule has 0 radical (unpaired) electrons. The standard InChI is InChI=1S/C41H40F3N3O7/c1-26(48)47-23-21-32(22-24-47)54-40(52)29-14-18-31(19-15-29)53-37(49)10-6-7-27-11-20-36(35(25-27)39(51)46(2)3)45-38(50)34-9-5-4-8-33(34)28-12-16-30(17-13-28)41(42,43)44/h4-5,8-9,11-20,25,32H,6-7,10,21-24H2,1-3H3,(H,45,50). The molecule has 1 heterocycles. The molecule has 4 aromatic carbocycles. The number of amides is 3. The Labute approximate surface area is 310 Å². The number of anilines is 1. The van der Waals surface area contributed by atoms with Crippen molar-refractivity contribution in [2.45, 2.75) is 51.3 Å². The summed E-state index contributed by atoms with van der Waals surface area (Å²) in [6.45, 7) is 2.59. The van der Waals surface area contributed by atoms with E-state index >= 15 is 0 Å². The van der Waals surface area contributed by atoms with E-state index in [2.05, 4.69) is 5.32 Å². The predicted molar refractivity (Wildman–Crippen MR) is 195 cm³/mol. The molecule has 1 saturated heterocycles. The van der Waals surface area contributed by atoms with Crippen LogP contribution < -0.4 is 10.1 Å². The van der Waals surface area contributed by atoms with Crippen molar-refractivity contribution in [2.24, 2.45) is 0 Å². The van der Waals surface area contributed by atoms with Gasteiger partial charge in [-0.2, -0.15) is 13.2 Å². The molecular weight excluding hydrogens is 703 g/mol. The average Bonchev–Trinajstić information content (AvgIpc) is 3.15. The molecule has 54 heavy (non-hydrogen) atoms. The number of aryl methyl sites for hydroxylation is 1. The summed E-state index contributed by atoms with van der Waals surface area (Å²) >= 11 is 0. The Balaban J connectivity index is 1.17. The molecule has 1 aliphatic heterocycles. The van der Waals surface area contributed by atoms with Crippen molar-refractivity contribution in [1.29, 1.82) is 0 Å². The third-order valence-electron chi connectivity index (χ3n) is 8.99. The number of hydrogen-bond donors (Lipinski definition) is 1. The first kappa shape index (κ1) is 39.2. The van der Waals surface area contributed by atoms with E-state index in [0.717, 1.165) is 17.7 Å². The first-order valence-corrected chi connectivity index (χ1v) is 17.4. The van der Waals surface area contributed by atoms with Gasteiger partial charge in [0.1, 0.15) is 11.9 Å². The van der Waals surface area contributed by atoms with Gasteiger partial charge in [0.2, 0.25) is 5.91 Å². The van der Waals surface area contributed by atoms with E-state index in [1.165, 1.54) is 48.2 Å². The quantitative estimate of drug-likeness (QED) is 0.125. The Morgan fingerprint density at radius 1 is 0.852 bits per heavy atom. The van der Waals surface area contributed by atoms with Crippen LogP contribution in [0.3, 0.4) is 0 Å². The molecule has 1 N–H and O–H groups in total. The van der Waals surface area contributed by atoms with Crippen molar-refractivity contribution >= 4 is 35.3 Å². The molecule has 1 fully saturated rings. The minimum Gasteiger partial charge on any atom is -0.459 e. The summed E-state index contributed by atoms with van der Waals surface area (Å²) < 4.78 is 50.4. The topological polar surface area (TPSA) is 122 Å². The molecular formula is C41H40F3N3O7. The van der Waals surface area contributed by atoms with Gasteiger partial charge in [0.15, 0.2) is 0 Å². The van der Waals surface area contributed by atoms with E-state index in [-0.39, 0.29) is 46.9 Å². The van der Waals surface area contributed by atoms with Gasteiger partial charge in [0.05, 0.1) is 22.4 Å². The number of nitrogens with one attached hydrogen (secondary N) is 1. The summed E-state index contributed by atoms with van der Waals surface area (Å²) in [6, 6.07) is 22.1. The van der Waals surface area contributed by atoms with Gasteiger partial charge in [-0.05, 0) is 84.1 Å². The van der Waals surface area contributed by atoms with Crippen LogP contribution in [0.2, 0.25) is 0 Å². The zero-order chi connectivity index (χ0) is 39.0. The predicted octanol–water partition coefficient (Wildman–Crippen LogP) is 7.42. The van der Waals surface area contributed by atoms with E-state index in [4.69, 9.17) is 9.47 Å². The molecule has 5 rings (SSSR count). The van der Waals surface area contributed by atoms with Crippen LogP contribution in [0.4, 0.5) is 18.9 Å². The van der Waals surface area contributed by atoms with Crippen molar-refractivity contribution in [1.82, 2.24) is 9.80 Å². The number of esters is 2. The summed E-state index contributed by atoms with van der Waals surface area (Å²) in [5, 5.41) is 2.79. The van der Waals surface area contributed by atoms with Gasteiger partial charge < -0.3 is 24.6 Å². The third kappa shape index (κ3) is 10.1. The summed E-state index contributed by atoms with van der Waals surface area (Å²) in [7, 11) is 3.15. The van der Waals surface area contributed by atoms with Crippen LogP contribution in [0.5, 0.6) is 5.75 Å².